The third-order valence-corrected chi connectivity index (χ3v) is 5.91. The van der Waals surface area contributed by atoms with Gasteiger partial charge in [0.15, 0.2) is 0 Å². The Balaban J connectivity index is 1.34. The second-order valence-corrected chi connectivity index (χ2v) is 8.38. The second-order valence-electron chi connectivity index (χ2n) is 7.95. The third kappa shape index (κ3) is 5.44. The lowest BCUT2D eigenvalue weighted by Gasteiger charge is -2.17. The van der Waals surface area contributed by atoms with E-state index in [9.17, 15) is 9.59 Å². The highest BCUT2D eigenvalue weighted by molar-refractivity contribution is 6.30. The van der Waals surface area contributed by atoms with E-state index < -0.39 is 0 Å². The van der Waals surface area contributed by atoms with Gasteiger partial charge in [0.2, 0.25) is 11.8 Å². The van der Waals surface area contributed by atoms with Crippen molar-refractivity contribution in [1.82, 2.24) is 19.8 Å². The topological polar surface area (TPSA) is 67.2 Å². The molecule has 1 aliphatic rings. The normalized spacial score (nSPS) is 13.6. The number of fused-ring (bicyclic) bond motifs is 1. The highest BCUT2D eigenvalue weighted by atomic mass is 35.5. The number of rotatable bonds is 8. The molecular formula is C24H27ClN4O2. The van der Waals surface area contributed by atoms with Gasteiger partial charge in [-0.15, -0.1) is 0 Å². The Morgan fingerprint density at radius 1 is 1.03 bits per heavy atom. The Kier molecular flexibility index (Phi) is 6.87. The summed E-state index contributed by atoms with van der Waals surface area (Å²) in [4.78, 5) is 31.6. The summed E-state index contributed by atoms with van der Waals surface area (Å²) in [5.74, 6) is 1.03. The van der Waals surface area contributed by atoms with Crippen LogP contribution < -0.4 is 5.32 Å². The lowest BCUT2D eigenvalue weighted by Crippen LogP contribution is -2.31. The molecule has 31 heavy (non-hydrogen) atoms. The molecule has 0 radical (unpaired) electrons. The van der Waals surface area contributed by atoms with Crippen molar-refractivity contribution in [2.45, 2.75) is 38.6 Å². The van der Waals surface area contributed by atoms with Gasteiger partial charge in [-0.2, -0.15) is 0 Å². The predicted molar refractivity (Wildman–Crippen MR) is 122 cm³/mol. The number of halogens is 1. The van der Waals surface area contributed by atoms with Crippen molar-refractivity contribution in [3.63, 3.8) is 0 Å². The van der Waals surface area contributed by atoms with Crippen LogP contribution in [0.15, 0.2) is 48.5 Å². The summed E-state index contributed by atoms with van der Waals surface area (Å²) in [7, 11) is 0. The van der Waals surface area contributed by atoms with Crippen molar-refractivity contribution < 1.29 is 9.59 Å². The number of hydrogen-bond acceptors (Lipinski definition) is 3. The molecule has 1 fully saturated rings. The number of nitrogens with zero attached hydrogens (tertiary/aromatic N) is 3. The molecular weight excluding hydrogens is 412 g/mol. The minimum atomic E-state index is -0.0139. The van der Waals surface area contributed by atoms with E-state index in [1.165, 1.54) is 0 Å². The zero-order valence-electron chi connectivity index (χ0n) is 17.5. The molecule has 4 rings (SSSR count). The summed E-state index contributed by atoms with van der Waals surface area (Å²) in [6, 6.07) is 15.2. The van der Waals surface area contributed by atoms with E-state index in [1.54, 1.807) is 12.1 Å². The van der Waals surface area contributed by atoms with Crippen LogP contribution in [0.25, 0.3) is 11.0 Å². The first kappa shape index (κ1) is 21.4. The molecule has 1 aliphatic heterocycles. The van der Waals surface area contributed by atoms with Crippen molar-refractivity contribution in [2.75, 3.05) is 19.6 Å². The molecule has 7 heteroatoms. The minimum Gasteiger partial charge on any atom is -0.356 e. The van der Waals surface area contributed by atoms with Crippen molar-refractivity contribution in [3.8, 4) is 0 Å². The van der Waals surface area contributed by atoms with E-state index in [1.807, 2.05) is 45.9 Å². The maximum atomic E-state index is 12.7. The van der Waals surface area contributed by atoms with Gasteiger partial charge in [-0.1, -0.05) is 35.9 Å². The Bertz CT molecular complexity index is 1060. The number of para-hydroxylation sites is 2. The molecule has 162 valence electrons. The van der Waals surface area contributed by atoms with Crippen LogP contribution in [0.4, 0.5) is 0 Å². The number of likely N-dealkylation sites (tertiary alicyclic amines) is 1. The first-order valence-electron chi connectivity index (χ1n) is 10.8. The molecule has 0 atom stereocenters. The molecule has 0 spiro atoms. The largest absolute Gasteiger partial charge is 0.356 e. The average Bonchev–Trinajstić information content (AvgIpc) is 3.42. The summed E-state index contributed by atoms with van der Waals surface area (Å²) < 4.78 is 2.03. The first-order chi connectivity index (χ1) is 15.1. The zero-order chi connectivity index (χ0) is 21.6. The summed E-state index contributed by atoms with van der Waals surface area (Å²) in [6.45, 7) is 2.58. The number of aromatic nitrogens is 2. The van der Waals surface area contributed by atoms with Gasteiger partial charge in [-0.25, -0.2) is 4.98 Å². The summed E-state index contributed by atoms with van der Waals surface area (Å²) >= 11 is 5.89. The molecule has 2 amide bonds. The average molecular weight is 439 g/mol. The van der Waals surface area contributed by atoms with E-state index in [2.05, 4.69) is 5.32 Å². The van der Waals surface area contributed by atoms with Crippen LogP contribution in [0.3, 0.4) is 0 Å². The van der Waals surface area contributed by atoms with Crippen LogP contribution in [-0.2, 0) is 29.0 Å². The molecule has 0 saturated carbocycles. The summed E-state index contributed by atoms with van der Waals surface area (Å²) in [5.41, 5.74) is 2.82. The Morgan fingerprint density at radius 2 is 1.77 bits per heavy atom. The Labute approximate surface area is 187 Å². The molecule has 2 heterocycles. The van der Waals surface area contributed by atoms with Gasteiger partial charge in [0.1, 0.15) is 12.4 Å². The number of benzene rings is 2. The molecule has 0 unspecified atom stereocenters. The SMILES string of the molecule is O=C(Cc1ccc(Cl)cc1)NCCCc1nc2ccccc2n1CC(=O)N1CCCC1. The molecule has 1 N–H and O–H groups in total. The smallest absolute Gasteiger partial charge is 0.242 e. The van der Waals surface area contributed by atoms with Crippen LogP contribution in [0.1, 0.15) is 30.7 Å². The third-order valence-electron chi connectivity index (χ3n) is 5.66. The fraction of sp³-hybridized carbons (Fsp3) is 0.375. The summed E-state index contributed by atoms with van der Waals surface area (Å²) in [5, 5.41) is 3.63. The quantitative estimate of drug-likeness (QED) is 0.546. The van der Waals surface area contributed by atoms with Crippen molar-refractivity contribution in [2.24, 2.45) is 0 Å². The molecule has 2 aromatic carbocycles. The van der Waals surface area contributed by atoms with Crippen LogP contribution in [0, 0.1) is 0 Å². The van der Waals surface area contributed by atoms with Gasteiger partial charge < -0.3 is 14.8 Å². The molecule has 0 bridgehead atoms. The monoisotopic (exact) mass is 438 g/mol. The van der Waals surface area contributed by atoms with Gasteiger partial charge in [-0.05, 0) is 49.1 Å². The number of hydrogen-bond donors (Lipinski definition) is 1. The molecule has 1 aromatic heterocycles. The van der Waals surface area contributed by atoms with Crippen LogP contribution in [-0.4, -0.2) is 45.9 Å². The maximum absolute atomic E-state index is 12.7. The lowest BCUT2D eigenvalue weighted by molar-refractivity contribution is -0.130. The summed E-state index contributed by atoms with van der Waals surface area (Å²) in [6.07, 6.45) is 3.95. The number of aryl methyl sites for hydroxylation is 1. The van der Waals surface area contributed by atoms with E-state index >= 15 is 0 Å². The van der Waals surface area contributed by atoms with E-state index in [-0.39, 0.29) is 11.8 Å². The predicted octanol–water partition coefficient (Wildman–Crippen LogP) is 3.60. The molecule has 3 aromatic rings. The number of carbonyl (C=O) groups is 2. The Hall–Kier alpha value is -2.86. The number of amides is 2. The standard InChI is InChI=1S/C24H27ClN4O2/c25-19-11-9-18(10-12-19)16-23(30)26-13-5-8-22-27-20-6-1-2-7-21(20)29(22)17-24(31)28-14-3-4-15-28/h1-2,6-7,9-12H,3-5,8,13-17H2,(H,26,30). The minimum absolute atomic E-state index is 0.0139. The van der Waals surface area contributed by atoms with Crippen LogP contribution in [0.5, 0.6) is 0 Å². The van der Waals surface area contributed by atoms with Crippen molar-refractivity contribution in [3.05, 3.63) is 64.9 Å². The maximum Gasteiger partial charge on any atom is 0.242 e. The van der Waals surface area contributed by atoms with Gasteiger partial charge >= 0.3 is 0 Å². The number of imidazole rings is 1. The van der Waals surface area contributed by atoms with Gasteiger partial charge in [0.05, 0.1) is 17.5 Å². The van der Waals surface area contributed by atoms with Crippen LogP contribution in [0.2, 0.25) is 5.02 Å². The Morgan fingerprint density at radius 3 is 2.55 bits per heavy atom. The van der Waals surface area contributed by atoms with Crippen molar-refractivity contribution in [1.29, 1.82) is 0 Å². The highest BCUT2D eigenvalue weighted by Gasteiger charge is 2.20. The molecule has 0 aliphatic carbocycles. The van der Waals surface area contributed by atoms with Crippen LogP contribution >= 0.6 is 11.6 Å². The van der Waals surface area contributed by atoms with Crippen molar-refractivity contribution >= 4 is 34.4 Å². The fourth-order valence-corrected chi connectivity index (χ4v) is 4.14. The second kappa shape index (κ2) is 9.96. The molecule has 6 nitrogen and oxygen atoms in total. The number of nitrogens with one attached hydrogen (secondary N) is 1. The molecule has 1 saturated heterocycles. The van der Waals surface area contributed by atoms with E-state index in [4.69, 9.17) is 16.6 Å². The van der Waals surface area contributed by atoms with E-state index in [0.29, 0.717) is 31.0 Å². The fourth-order valence-electron chi connectivity index (χ4n) is 4.02. The van der Waals surface area contributed by atoms with Gasteiger partial charge in [-0.3, -0.25) is 9.59 Å². The highest BCUT2D eigenvalue weighted by Crippen LogP contribution is 2.18. The zero-order valence-corrected chi connectivity index (χ0v) is 18.3. The van der Waals surface area contributed by atoms with E-state index in [0.717, 1.165) is 54.8 Å². The first-order valence-corrected chi connectivity index (χ1v) is 11.2. The van der Waals surface area contributed by atoms with Gasteiger partial charge in [0, 0.05) is 31.1 Å². The number of carbonyl (C=O) groups excluding carboxylic acids is 2. The lowest BCUT2D eigenvalue weighted by atomic mass is 10.1. The van der Waals surface area contributed by atoms with Gasteiger partial charge in [0.25, 0.3) is 0 Å².